The van der Waals surface area contributed by atoms with Crippen LogP contribution < -0.4 is 5.32 Å². The molecule has 27 heavy (non-hydrogen) atoms. The number of benzene rings is 3. The lowest BCUT2D eigenvalue weighted by atomic mass is 10.1. The van der Waals surface area contributed by atoms with E-state index in [1.807, 2.05) is 55.5 Å². The minimum Gasteiger partial charge on any atom is -0.322 e. The minimum atomic E-state index is -0.154. The van der Waals surface area contributed by atoms with Crippen molar-refractivity contribution in [3.8, 4) is 5.69 Å². The number of nitrogens with zero attached hydrogens (tertiary/aromatic N) is 3. The van der Waals surface area contributed by atoms with Crippen LogP contribution in [-0.4, -0.2) is 20.9 Å². The Morgan fingerprint density at radius 3 is 2.30 bits per heavy atom. The molecule has 0 aliphatic heterocycles. The van der Waals surface area contributed by atoms with Gasteiger partial charge in [-0.2, -0.15) is 4.80 Å². The van der Waals surface area contributed by atoms with Crippen LogP contribution in [0.25, 0.3) is 16.7 Å². The first-order valence-electron chi connectivity index (χ1n) is 8.20. The first-order chi connectivity index (χ1) is 13.0. The van der Waals surface area contributed by atoms with E-state index in [4.69, 9.17) is 11.6 Å². The van der Waals surface area contributed by atoms with Gasteiger partial charge in [0.25, 0.3) is 5.91 Å². The molecule has 0 fully saturated rings. The molecule has 1 N–H and O–H groups in total. The summed E-state index contributed by atoms with van der Waals surface area (Å²) in [7, 11) is 0. The summed E-state index contributed by atoms with van der Waals surface area (Å²) in [5.74, 6) is -0.154. The summed E-state index contributed by atoms with van der Waals surface area (Å²) in [5, 5.41) is 12.6. The molecule has 0 aliphatic carbocycles. The number of carbonyl (C=O) groups excluding carboxylic acids is 1. The maximum Gasteiger partial charge on any atom is 0.255 e. The predicted molar refractivity (Wildman–Crippen MR) is 116 cm³/mol. The smallest absolute Gasteiger partial charge is 0.255 e. The Morgan fingerprint density at radius 1 is 1.00 bits per heavy atom. The van der Waals surface area contributed by atoms with Crippen LogP contribution in [-0.2, 0) is 0 Å². The summed E-state index contributed by atoms with van der Waals surface area (Å²) in [6.45, 7) is 1.93. The molecule has 0 spiro atoms. The Kier molecular flexibility index (Phi) is 4.84. The zero-order valence-electron chi connectivity index (χ0n) is 14.3. The molecule has 4 aromatic rings. The quantitative estimate of drug-likeness (QED) is 0.401. The fourth-order valence-corrected chi connectivity index (χ4v) is 3.17. The molecule has 1 heterocycles. The van der Waals surface area contributed by atoms with Crippen molar-refractivity contribution in [1.29, 1.82) is 0 Å². The van der Waals surface area contributed by atoms with Gasteiger partial charge >= 0.3 is 0 Å². The molecule has 1 amide bonds. The van der Waals surface area contributed by atoms with E-state index in [-0.39, 0.29) is 5.91 Å². The van der Waals surface area contributed by atoms with Gasteiger partial charge in [-0.3, -0.25) is 4.79 Å². The zero-order valence-corrected chi connectivity index (χ0v) is 17.2. The van der Waals surface area contributed by atoms with Crippen LogP contribution in [0, 0.1) is 10.5 Å². The van der Waals surface area contributed by atoms with E-state index in [0.29, 0.717) is 21.8 Å². The van der Waals surface area contributed by atoms with E-state index in [2.05, 4.69) is 38.1 Å². The Bertz CT molecular complexity index is 1140. The van der Waals surface area contributed by atoms with Gasteiger partial charge in [-0.25, -0.2) is 0 Å². The Hall–Kier alpha value is -2.45. The summed E-state index contributed by atoms with van der Waals surface area (Å²) >= 11 is 8.15. The highest BCUT2D eigenvalue weighted by molar-refractivity contribution is 14.1. The van der Waals surface area contributed by atoms with Gasteiger partial charge in [-0.15, -0.1) is 10.2 Å². The number of amides is 1. The molecular formula is C20H14ClIN4O. The number of aryl methyl sites for hydroxylation is 1. The zero-order chi connectivity index (χ0) is 19.0. The maximum absolute atomic E-state index is 12.5. The lowest BCUT2D eigenvalue weighted by Crippen LogP contribution is -2.12. The van der Waals surface area contributed by atoms with Crippen LogP contribution in [0.15, 0.2) is 60.7 Å². The Labute approximate surface area is 174 Å². The molecule has 0 bridgehead atoms. The van der Waals surface area contributed by atoms with Gasteiger partial charge in [-0.1, -0.05) is 11.6 Å². The van der Waals surface area contributed by atoms with Crippen molar-refractivity contribution in [2.45, 2.75) is 6.92 Å². The molecule has 1 aromatic heterocycles. The molecule has 134 valence electrons. The summed E-state index contributed by atoms with van der Waals surface area (Å²) in [6.07, 6.45) is 0. The van der Waals surface area contributed by atoms with Crippen LogP contribution in [0.5, 0.6) is 0 Å². The Balaban J connectivity index is 1.65. The first kappa shape index (κ1) is 17.9. The maximum atomic E-state index is 12.5. The van der Waals surface area contributed by atoms with Gasteiger partial charge in [0, 0.05) is 19.8 Å². The highest BCUT2D eigenvalue weighted by atomic mass is 127. The minimum absolute atomic E-state index is 0.154. The molecular weight excluding hydrogens is 475 g/mol. The average Bonchev–Trinajstić information content (AvgIpc) is 3.05. The van der Waals surface area contributed by atoms with E-state index >= 15 is 0 Å². The third kappa shape index (κ3) is 3.81. The van der Waals surface area contributed by atoms with Crippen molar-refractivity contribution in [3.05, 3.63) is 80.4 Å². The van der Waals surface area contributed by atoms with E-state index in [1.54, 1.807) is 16.9 Å². The predicted octanol–water partition coefficient (Wildman–Crippen LogP) is 5.24. The van der Waals surface area contributed by atoms with Crippen LogP contribution in [0.2, 0.25) is 5.02 Å². The number of hydrogen-bond donors (Lipinski definition) is 1. The number of hydrogen-bond acceptors (Lipinski definition) is 3. The van der Waals surface area contributed by atoms with Crippen molar-refractivity contribution < 1.29 is 4.79 Å². The number of fused-ring (bicyclic) bond motifs is 1. The van der Waals surface area contributed by atoms with Gasteiger partial charge < -0.3 is 5.32 Å². The van der Waals surface area contributed by atoms with Gasteiger partial charge in [0.2, 0.25) is 0 Å². The molecule has 0 aliphatic rings. The molecule has 0 unspecified atom stereocenters. The molecule has 3 aromatic carbocycles. The van der Waals surface area contributed by atoms with E-state index in [0.717, 1.165) is 20.3 Å². The number of carbonyl (C=O) groups is 1. The van der Waals surface area contributed by atoms with Crippen LogP contribution >= 0.6 is 34.2 Å². The standard InChI is InChI=1S/C20H14ClIN4O/c1-12-10-18-19(25-26(24-18)16-8-4-14(21)5-9-16)11-17(12)23-20(27)13-2-6-15(22)7-3-13/h2-11H,1H3,(H,23,27). The lowest BCUT2D eigenvalue weighted by Gasteiger charge is -2.08. The summed E-state index contributed by atoms with van der Waals surface area (Å²) < 4.78 is 1.08. The lowest BCUT2D eigenvalue weighted by molar-refractivity contribution is 0.102. The fraction of sp³-hybridized carbons (Fsp3) is 0.0500. The second-order valence-electron chi connectivity index (χ2n) is 6.08. The van der Waals surface area contributed by atoms with E-state index in [1.165, 1.54) is 0 Å². The SMILES string of the molecule is Cc1cc2nn(-c3ccc(Cl)cc3)nc2cc1NC(=O)c1ccc(I)cc1. The van der Waals surface area contributed by atoms with E-state index < -0.39 is 0 Å². The largest absolute Gasteiger partial charge is 0.322 e. The third-order valence-electron chi connectivity index (χ3n) is 4.14. The second-order valence-corrected chi connectivity index (χ2v) is 7.76. The number of nitrogens with one attached hydrogen (secondary N) is 1. The first-order valence-corrected chi connectivity index (χ1v) is 9.66. The van der Waals surface area contributed by atoms with Crippen molar-refractivity contribution in [2.24, 2.45) is 0 Å². The summed E-state index contributed by atoms with van der Waals surface area (Å²) in [6, 6.07) is 18.5. The monoisotopic (exact) mass is 488 g/mol. The van der Waals surface area contributed by atoms with Crippen molar-refractivity contribution in [3.63, 3.8) is 0 Å². The van der Waals surface area contributed by atoms with Crippen molar-refractivity contribution in [2.75, 3.05) is 5.32 Å². The van der Waals surface area contributed by atoms with Gasteiger partial charge in [0.1, 0.15) is 11.0 Å². The average molecular weight is 489 g/mol. The molecule has 0 saturated heterocycles. The van der Waals surface area contributed by atoms with Crippen molar-refractivity contribution >= 4 is 56.8 Å². The number of rotatable bonds is 3. The van der Waals surface area contributed by atoms with Gasteiger partial charge in [-0.05, 0) is 95.7 Å². The highest BCUT2D eigenvalue weighted by Gasteiger charge is 2.12. The molecule has 0 radical (unpaired) electrons. The molecule has 0 atom stereocenters. The van der Waals surface area contributed by atoms with Crippen LogP contribution in [0.1, 0.15) is 15.9 Å². The summed E-state index contributed by atoms with van der Waals surface area (Å²) in [4.78, 5) is 14.1. The molecule has 5 nitrogen and oxygen atoms in total. The van der Waals surface area contributed by atoms with E-state index in [9.17, 15) is 4.79 Å². The highest BCUT2D eigenvalue weighted by Crippen LogP contribution is 2.23. The normalized spacial score (nSPS) is 10.9. The molecule has 0 saturated carbocycles. The number of anilines is 1. The summed E-state index contributed by atoms with van der Waals surface area (Å²) in [5.41, 5.74) is 4.53. The van der Waals surface area contributed by atoms with Crippen LogP contribution in [0.3, 0.4) is 0 Å². The second kappa shape index (κ2) is 7.28. The molecule has 7 heteroatoms. The van der Waals surface area contributed by atoms with Crippen molar-refractivity contribution in [1.82, 2.24) is 15.0 Å². The number of aromatic nitrogens is 3. The Morgan fingerprint density at radius 2 is 1.63 bits per heavy atom. The fourth-order valence-electron chi connectivity index (χ4n) is 2.69. The topological polar surface area (TPSA) is 59.8 Å². The van der Waals surface area contributed by atoms with Gasteiger partial charge in [0.05, 0.1) is 5.69 Å². The number of halogens is 2. The van der Waals surface area contributed by atoms with Crippen LogP contribution in [0.4, 0.5) is 5.69 Å². The van der Waals surface area contributed by atoms with Gasteiger partial charge in [0.15, 0.2) is 0 Å². The third-order valence-corrected chi connectivity index (χ3v) is 5.11. The molecule has 4 rings (SSSR count).